The highest BCUT2D eigenvalue weighted by Gasteiger charge is 2.02. The molecule has 1 heterocycles. The second-order valence-electron chi connectivity index (χ2n) is 4.05. The number of ether oxygens (including phenoxy) is 1. The zero-order chi connectivity index (χ0) is 11.9. The van der Waals surface area contributed by atoms with Crippen molar-refractivity contribution in [1.29, 1.82) is 0 Å². The first-order chi connectivity index (χ1) is 8.36. The van der Waals surface area contributed by atoms with Gasteiger partial charge in [0.1, 0.15) is 12.4 Å². The van der Waals surface area contributed by atoms with Crippen molar-refractivity contribution in [3.63, 3.8) is 0 Å². The minimum Gasteiger partial charge on any atom is -0.491 e. The minimum atomic E-state index is 0.644. The SMILES string of the molecule is Cc1ccccc1OCCNC1=NCCCN1. The monoisotopic (exact) mass is 233 g/mol. The average molecular weight is 233 g/mol. The van der Waals surface area contributed by atoms with Gasteiger partial charge in [0.2, 0.25) is 0 Å². The van der Waals surface area contributed by atoms with Crippen LogP contribution in [0.1, 0.15) is 12.0 Å². The summed E-state index contributed by atoms with van der Waals surface area (Å²) < 4.78 is 5.68. The van der Waals surface area contributed by atoms with Gasteiger partial charge in [0, 0.05) is 13.1 Å². The summed E-state index contributed by atoms with van der Waals surface area (Å²) in [7, 11) is 0. The van der Waals surface area contributed by atoms with E-state index in [0.29, 0.717) is 6.61 Å². The van der Waals surface area contributed by atoms with E-state index in [2.05, 4.69) is 28.6 Å². The normalized spacial score (nSPS) is 14.8. The number of hydrogen-bond donors (Lipinski definition) is 2. The Kier molecular flexibility index (Phi) is 4.24. The van der Waals surface area contributed by atoms with Crippen LogP contribution >= 0.6 is 0 Å². The number of nitrogens with one attached hydrogen (secondary N) is 2. The second kappa shape index (κ2) is 6.13. The molecular formula is C13H19N3O. The summed E-state index contributed by atoms with van der Waals surface area (Å²) in [6, 6.07) is 8.05. The third-order valence-electron chi connectivity index (χ3n) is 2.64. The maximum Gasteiger partial charge on any atom is 0.191 e. The molecule has 4 heteroatoms. The van der Waals surface area contributed by atoms with Gasteiger partial charge in [-0.1, -0.05) is 18.2 Å². The molecule has 0 unspecified atom stereocenters. The lowest BCUT2D eigenvalue weighted by Crippen LogP contribution is -2.42. The van der Waals surface area contributed by atoms with Crippen LogP contribution < -0.4 is 15.4 Å². The molecule has 0 amide bonds. The summed E-state index contributed by atoms with van der Waals surface area (Å²) in [4.78, 5) is 4.33. The summed E-state index contributed by atoms with van der Waals surface area (Å²) in [5.74, 6) is 1.84. The summed E-state index contributed by atoms with van der Waals surface area (Å²) >= 11 is 0. The third kappa shape index (κ3) is 3.66. The van der Waals surface area contributed by atoms with E-state index in [-0.39, 0.29) is 0 Å². The second-order valence-corrected chi connectivity index (χ2v) is 4.05. The van der Waals surface area contributed by atoms with E-state index in [4.69, 9.17) is 4.74 Å². The Hall–Kier alpha value is -1.71. The molecule has 1 aromatic rings. The van der Waals surface area contributed by atoms with Gasteiger partial charge in [-0.15, -0.1) is 0 Å². The number of rotatable bonds is 4. The molecule has 0 spiro atoms. The Labute approximate surface area is 102 Å². The lowest BCUT2D eigenvalue weighted by Gasteiger charge is -2.16. The van der Waals surface area contributed by atoms with Crippen molar-refractivity contribution >= 4 is 5.96 Å². The van der Waals surface area contributed by atoms with Gasteiger partial charge in [-0.05, 0) is 25.0 Å². The van der Waals surface area contributed by atoms with E-state index >= 15 is 0 Å². The van der Waals surface area contributed by atoms with Gasteiger partial charge in [0.25, 0.3) is 0 Å². The highest BCUT2D eigenvalue weighted by Crippen LogP contribution is 2.15. The average Bonchev–Trinajstić information content (AvgIpc) is 2.38. The van der Waals surface area contributed by atoms with Crippen LogP contribution in [-0.4, -0.2) is 32.2 Å². The predicted molar refractivity (Wildman–Crippen MR) is 69.6 cm³/mol. The number of benzene rings is 1. The molecule has 0 atom stereocenters. The molecule has 1 aliphatic heterocycles. The molecule has 0 saturated carbocycles. The molecule has 2 N–H and O–H groups in total. The number of aryl methyl sites for hydroxylation is 1. The van der Waals surface area contributed by atoms with Crippen molar-refractivity contribution in [2.75, 3.05) is 26.2 Å². The van der Waals surface area contributed by atoms with Crippen molar-refractivity contribution in [2.24, 2.45) is 4.99 Å². The number of nitrogens with zero attached hydrogens (tertiary/aromatic N) is 1. The molecule has 4 nitrogen and oxygen atoms in total. The molecule has 17 heavy (non-hydrogen) atoms. The summed E-state index contributed by atoms with van der Waals surface area (Å²) in [6.45, 7) is 5.37. The van der Waals surface area contributed by atoms with Gasteiger partial charge < -0.3 is 15.4 Å². The molecule has 0 saturated heterocycles. The third-order valence-corrected chi connectivity index (χ3v) is 2.64. The van der Waals surface area contributed by atoms with Gasteiger partial charge >= 0.3 is 0 Å². The molecule has 0 aliphatic carbocycles. The van der Waals surface area contributed by atoms with Crippen molar-refractivity contribution in [2.45, 2.75) is 13.3 Å². The van der Waals surface area contributed by atoms with Gasteiger partial charge in [0.15, 0.2) is 5.96 Å². The molecule has 0 aromatic heterocycles. The Morgan fingerprint density at radius 2 is 2.29 bits per heavy atom. The predicted octanol–water partition coefficient (Wildman–Crippen LogP) is 1.31. The van der Waals surface area contributed by atoms with Crippen LogP contribution in [0.25, 0.3) is 0 Å². The van der Waals surface area contributed by atoms with Crippen LogP contribution in [-0.2, 0) is 0 Å². The van der Waals surface area contributed by atoms with E-state index in [1.165, 1.54) is 5.56 Å². The molecule has 1 aromatic carbocycles. The fraction of sp³-hybridized carbons (Fsp3) is 0.462. The fourth-order valence-electron chi connectivity index (χ4n) is 1.70. The lowest BCUT2D eigenvalue weighted by molar-refractivity contribution is 0.319. The summed E-state index contributed by atoms with van der Waals surface area (Å²) in [6.07, 6.45) is 1.12. The van der Waals surface area contributed by atoms with E-state index in [1.54, 1.807) is 0 Å². The Morgan fingerprint density at radius 1 is 1.41 bits per heavy atom. The smallest absolute Gasteiger partial charge is 0.191 e. The van der Waals surface area contributed by atoms with Crippen molar-refractivity contribution < 1.29 is 4.74 Å². The number of guanidine groups is 1. The van der Waals surface area contributed by atoms with Crippen LogP contribution in [0, 0.1) is 6.92 Å². The van der Waals surface area contributed by atoms with E-state index in [1.807, 2.05) is 18.2 Å². The topological polar surface area (TPSA) is 45.6 Å². The van der Waals surface area contributed by atoms with E-state index < -0.39 is 0 Å². The Bertz CT molecular complexity index is 390. The van der Waals surface area contributed by atoms with Crippen molar-refractivity contribution in [3.8, 4) is 5.75 Å². The Balaban J connectivity index is 1.69. The fourth-order valence-corrected chi connectivity index (χ4v) is 1.70. The first kappa shape index (κ1) is 11.8. The largest absolute Gasteiger partial charge is 0.491 e. The highest BCUT2D eigenvalue weighted by molar-refractivity contribution is 5.80. The molecule has 92 valence electrons. The van der Waals surface area contributed by atoms with E-state index in [0.717, 1.165) is 37.8 Å². The van der Waals surface area contributed by atoms with Crippen LogP contribution in [0.3, 0.4) is 0 Å². The zero-order valence-corrected chi connectivity index (χ0v) is 10.2. The number of hydrogen-bond acceptors (Lipinski definition) is 4. The summed E-state index contributed by atoms with van der Waals surface area (Å²) in [5, 5.41) is 6.44. The molecular weight excluding hydrogens is 214 g/mol. The molecule has 0 bridgehead atoms. The van der Waals surface area contributed by atoms with Crippen molar-refractivity contribution in [1.82, 2.24) is 10.6 Å². The Morgan fingerprint density at radius 3 is 3.06 bits per heavy atom. The highest BCUT2D eigenvalue weighted by atomic mass is 16.5. The van der Waals surface area contributed by atoms with E-state index in [9.17, 15) is 0 Å². The number of aliphatic imine (C=N–C) groups is 1. The van der Waals surface area contributed by atoms with Crippen LogP contribution in [0.4, 0.5) is 0 Å². The van der Waals surface area contributed by atoms with Gasteiger partial charge in [0.05, 0.1) is 6.54 Å². The van der Waals surface area contributed by atoms with Crippen LogP contribution in [0.2, 0.25) is 0 Å². The molecule has 0 radical (unpaired) electrons. The van der Waals surface area contributed by atoms with Gasteiger partial charge in [-0.2, -0.15) is 0 Å². The molecule has 0 fully saturated rings. The van der Waals surface area contributed by atoms with Gasteiger partial charge in [-0.3, -0.25) is 4.99 Å². The lowest BCUT2D eigenvalue weighted by atomic mass is 10.2. The summed E-state index contributed by atoms with van der Waals surface area (Å²) in [5.41, 5.74) is 1.17. The zero-order valence-electron chi connectivity index (χ0n) is 10.2. The van der Waals surface area contributed by atoms with Crippen molar-refractivity contribution in [3.05, 3.63) is 29.8 Å². The van der Waals surface area contributed by atoms with Crippen LogP contribution in [0.15, 0.2) is 29.3 Å². The maximum absolute atomic E-state index is 5.68. The maximum atomic E-state index is 5.68. The number of para-hydroxylation sites is 1. The quantitative estimate of drug-likeness (QED) is 0.771. The molecule has 2 rings (SSSR count). The van der Waals surface area contributed by atoms with Gasteiger partial charge in [-0.25, -0.2) is 0 Å². The minimum absolute atomic E-state index is 0.644. The first-order valence-electron chi connectivity index (χ1n) is 6.07. The standard InChI is InChI=1S/C13H19N3O/c1-11-5-2-3-6-12(11)17-10-9-16-13-14-7-4-8-15-13/h2-3,5-6H,4,7-10H2,1H3,(H2,14,15,16). The van der Waals surface area contributed by atoms with Crippen LogP contribution in [0.5, 0.6) is 5.75 Å². The first-order valence-corrected chi connectivity index (χ1v) is 6.07. The molecule has 1 aliphatic rings.